The number of carbonyl (C=O) groups excluding carboxylic acids is 3. The summed E-state index contributed by atoms with van der Waals surface area (Å²) in [6.07, 6.45) is 1.98. The number of hydrogen-bond acceptors (Lipinski definition) is 5. The van der Waals surface area contributed by atoms with E-state index >= 15 is 0 Å². The number of urea groups is 1. The topological polar surface area (TPSA) is 87.1 Å². The number of nitrogens with zero attached hydrogens (tertiary/aromatic N) is 4. The molecule has 4 amide bonds. The smallest absolute Gasteiger partial charge is 0.410 e. The summed E-state index contributed by atoms with van der Waals surface area (Å²) in [7, 11) is 1.98. The van der Waals surface area contributed by atoms with E-state index in [0.29, 0.717) is 32.7 Å². The molecule has 2 aliphatic heterocycles. The van der Waals surface area contributed by atoms with Crippen LogP contribution in [0.5, 0.6) is 0 Å². The SMILES string of the molecule is Cn1ccc2c(N3CCC(=O)NC3=O)ccc(N3CCN(C(=O)OC(C)(C)C)CC3)c21. The van der Waals surface area contributed by atoms with Gasteiger partial charge in [0.25, 0.3) is 0 Å². The predicted molar refractivity (Wildman–Crippen MR) is 118 cm³/mol. The fourth-order valence-electron chi connectivity index (χ4n) is 4.12. The van der Waals surface area contributed by atoms with Crippen LogP contribution in [0, 0.1) is 0 Å². The standard InChI is InChI=1S/C22H29N5O4/c1-22(2,3)31-21(30)26-13-11-25(12-14-26)17-6-5-16(15-7-9-24(4)19(15)17)27-10-8-18(28)23-20(27)29/h5-7,9H,8,10-14H2,1-4H3,(H,23,28,29). The first-order chi connectivity index (χ1) is 14.6. The van der Waals surface area contributed by atoms with Crippen molar-refractivity contribution in [3.05, 3.63) is 24.4 Å². The maximum atomic E-state index is 12.4. The lowest BCUT2D eigenvalue weighted by atomic mass is 10.1. The molecule has 0 bridgehead atoms. The molecule has 2 aliphatic rings. The molecular formula is C22H29N5O4. The molecule has 0 unspecified atom stereocenters. The Kier molecular flexibility index (Phi) is 5.28. The number of fused-ring (bicyclic) bond motifs is 1. The fourth-order valence-corrected chi connectivity index (χ4v) is 4.12. The Hall–Kier alpha value is -3.23. The van der Waals surface area contributed by atoms with Gasteiger partial charge in [-0.1, -0.05) is 0 Å². The molecular weight excluding hydrogens is 398 g/mol. The van der Waals surface area contributed by atoms with Crippen LogP contribution in [-0.4, -0.2) is 65.8 Å². The lowest BCUT2D eigenvalue weighted by molar-refractivity contribution is -0.120. The van der Waals surface area contributed by atoms with Crippen molar-refractivity contribution >= 4 is 40.3 Å². The molecule has 3 heterocycles. The van der Waals surface area contributed by atoms with Gasteiger partial charge in [0, 0.05) is 57.8 Å². The van der Waals surface area contributed by atoms with Gasteiger partial charge in [-0.05, 0) is 39.0 Å². The number of rotatable bonds is 2. The summed E-state index contributed by atoms with van der Waals surface area (Å²) >= 11 is 0. The highest BCUT2D eigenvalue weighted by molar-refractivity contribution is 6.11. The van der Waals surface area contributed by atoms with Crippen LogP contribution in [0.4, 0.5) is 21.0 Å². The molecule has 9 heteroatoms. The van der Waals surface area contributed by atoms with Crippen LogP contribution in [0.25, 0.3) is 10.9 Å². The Morgan fingerprint density at radius 1 is 1.00 bits per heavy atom. The first-order valence-corrected chi connectivity index (χ1v) is 10.6. The number of carbonyl (C=O) groups is 3. The van der Waals surface area contributed by atoms with Crippen molar-refractivity contribution in [2.75, 3.05) is 42.5 Å². The summed E-state index contributed by atoms with van der Waals surface area (Å²) in [4.78, 5) is 41.9. The second-order valence-electron chi connectivity index (χ2n) is 9.00. The molecule has 31 heavy (non-hydrogen) atoms. The zero-order valence-corrected chi connectivity index (χ0v) is 18.5. The molecule has 2 fully saturated rings. The van der Waals surface area contributed by atoms with E-state index in [9.17, 15) is 14.4 Å². The summed E-state index contributed by atoms with van der Waals surface area (Å²) in [5, 5.41) is 3.35. The van der Waals surface area contributed by atoms with E-state index in [1.54, 1.807) is 9.80 Å². The number of piperazine rings is 1. The van der Waals surface area contributed by atoms with Crippen LogP contribution < -0.4 is 15.1 Å². The molecule has 0 saturated carbocycles. The number of aromatic nitrogens is 1. The number of ether oxygens (including phenoxy) is 1. The lowest BCUT2D eigenvalue weighted by Crippen LogP contribution is -2.50. The van der Waals surface area contributed by atoms with Gasteiger partial charge in [-0.2, -0.15) is 0 Å². The molecule has 2 aromatic rings. The zero-order chi connectivity index (χ0) is 22.3. The van der Waals surface area contributed by atoms with E-state index in [0.717, 1.165) is 22.3 Å². The number of anilines is 2. The maximum absolute atomic E-state index is 12.4. The molecule has 166 valence electrons. The normalized spacial score (nSPS) is 17.9. The lowest BCUT2D eigenvalue weighted by Gasteiger charge is -2.37. The largest absolute Gasteiger partial charge is 0.444 e. The summed E-state index contributed by atoms with van der Waals surface area (Å²) in [6, 6.07) is 5.56. The van der Waals surface area contributed by atoms with Crippen molar-refractivity contribution in [3.63, 3.8) is 0 Å². The van der Waals surface area contributed by atoms with Crippen LogP contribution >= 0.6 is 0 Å². The summed E-state index contributed by atoms with van der Waals surface area (Å²) < 4.78 is 7.54. The molecule has 0 aliphatic carbocycles. The van der Waals surface area contributed by atoms with Gasteiger partial charge in [0.1, 0.15) is 5.60 Å². The van der Waals surface area contributed by atoms with Gasteiger partial charge in [-0.25, -0.2) is 9.59 Å². The van der Waals surface area contributed by atoms with Crippen molar-refractivity contribution in [2.45, 2.75) is 32.8 Å². The minimum absolute atomic E-state index is 0.245. The first kappa shape index (κ1) is 21.0. The molecule has 0 atom stereocenters. The third kappa shape index (κ3) is 4.17. The van der Waals surface area contributed by atoms with Crippen molar-refractivity contribution in [1.82, 2.24) is 14.8 Å². The Morgan fingerprint density at radius 2 is 1.68 bits per heavy atom. The van der Waals surface area contributed by atoms with Gasteiger partial charge in [-0.3, -0.25) is 15.0 Å². The van der Waals surface area contributed by atoms with Gasteiger partial charge in [0.2, 0.25) is 5.91 Å². The Bertz CT molecular complexity index is 1030. The highest BCUT2D eigenvalue weighted by Gasteiger charge is 2.29. The molecule has 1 aromatic heterocycles. The maximum Gasteiger partial charge on any atom is 0.410 e. The molecule has 4 rings (SSSR count). The van der Waals surface area contributed by atoms with E-state index in [-0.39, 0.29) is 24.5 Å². The third-order valence-corrected chi connectivity index (χ3v) is 5.61. The fraction of sp³-hybridized carbons (Fsp3) is 0.500. The molecule has 0 radical (unpaired) electrons. The van der Waals surface area contributed by atoms with Gasteiger partial charge < -0.3 is 19.1 Å². The van der Waals surface area contributed by atoms with Gasteiger partial charge in [0.05, 0.1) is 16.9 Å². The van der Waals surface area contributed by atoms with E-state index < -0.39 is 5.60 Å². The van der Waals surface area contributed by atoms with Crippen molar-refractivity contribution in [3.8, 4) is 0 Å². The Balaban J connectivity index is 1.56. The van der Waals surface area contributed by atoms with E-state index in [2.05, 4.69) is 10.2 Å². The number of amides is 4. The molecule has 1 aromatic carbocycles. The van der Waals surface area contributed by atoms with Crippen LogP contribution in [0.2, 0.25) is 0 Å². The highest BCUT2D eigenvalue weighted by Crippen LogP contribution is 2.36. The molecule has 2 saturated heterocycles. The summed E-state index contributed by atoms with van der Waals surface area (Å²) in [5.74, 6) is -0.245. The zero-order valence-electron chi connectivity index (χ0n) is 18.5. The number of benzene rings is 1. The Morgan fingerprint density at radius 3 is 2.32 bits per heavy atom. The van der Waals surface area contributed by atoms with Crippen molar-refractivity contribution < 1.29 is 19.1 Å². The monoisotopic (exact) mass is 427 g/mol. The summed E-state index contributed by atoms with van der Waals surface area (Å²) in [6.45, 7) is 8.52. The second kappa shape index (κ2) is 7.79. The van der Waals surface area contributed by atoms with Crippen molar-refractivity contribution in [1.29, 1.82) is 0 Å². The predicted octanol–water partition coefficient (Wildman–Crippen LogP) is 2.68. The average Bonchev–Trinajstić information content (AvgIpc) is 3.09. The van der Waals surface area contributed by atoms with E-state index in [1.807, 2.05) is 56.8 Å². The second-order valence-corrected chi connectivity index (χ2v) is 9.00. The highest BCUT2D eigenvalue weighted by atomic mass is 16.6. The van der Waals surface area contributed by atoms with Crippen LogP contribution in [0.3, 0.4) is 0 Å². The van der Waals surface area contributed by atoms with E-state index in [4.69, 9.17) is 4.74 Å². The number of aryl methyl sites for hydroxylation is 1. The molecule has 0 spiro atoms. The quantitative estimate of drug-likeness (QED) is 0.796. The number of imide groups is 1. The molecule has 1 N–H and O–H groups in total. The number of hydrogen-bond donors (Lipinski definition) is 1. The minimum Gasteiger partial charge on any atom is -0.444 e. The van der Waals surface area contributed by atoms with Crippen LogP contribution in [-0.2, 0) is 16.6 Å². The Labute approximate surface area is 181 Å². The van der Waals surface area contributed by atoms with Gasteiger partial charge >= 0.3 is 12.1 Å². The van der Waals surface area contributed by atoms with Crippen LogP contribution in [0.1, 0.15) is 27.2 Å². The summed E-state index contributed by atoms with van der Waals surface area (Å²) in [5.41, 5.74) is 2.36. The van der Waals surface area contributed by atoms with Crippen molar-refractivity contribution in [2.24, 2.45) is 7.05 Å². The van der Waals surface area contributed by atoms with Crippen LogP contribution in [0.15, 0.2) is 24.4 Å². The van der Waals surface area contributed by atoms with E-state index in [1.165, 1.54) is 0 Å². The number of nitrogens with one attached hydrogen (secondary N) is 1. The molecule has 9 nitrogen and oxygen atoms in total. The first-order valence-electron chi connectivity index (χ1n) is 10.6. The van der Waals surface area contributed by atoms with Gasteiger partial charge in [0.15, 0.2) is 0 Å². The minimum atomic E-state index is -0.509. The third-order valence-electron chi connectivity index (χ3n) is 5.61. The average molecular weight is 428 g/mol. The van der Waals surface area contributed by atoms with Gasteiger partial charge in [-0.15, -0.1) is 0 Å².